The molecule has 1 N–H and O–H groups in total. The maximum absolute atomic E-state index is 5.68. The fourth-order valence-corrected chi connectivity index (χ4v) is 1.71. The van der Waals surface area contributed by atoms with Gasteiger partial charge in [-0.2, -0.15) is 0 Å². The molecule has 2 unspecified atom stereocenters. The summed E-state index contributed by atoms with van der Waals surface area (Å²) in [7, 11) is 1.65. The van der Waals surface area contributed by atoms with Crippen molar-refractivity contribution in [1.29, 1.82) is 0 Å². The summed E-state index contributed by atoms with van der Waals surface area (Å²) in [5.74, 6) is 1.69. The van der Waals surface area contributed by atoms with E-state index in [1.807, 2.05) is 24.3 Å². The first kappa shape index (κ1) is 12.2. The van der Waals surface area contributed by atoms with Crippen molar-refractivity contribution in [2.45, 2.75) is 19.1 Å². The van der Waals surface area contributed by atoms with Crippen LogP contribution in [-0.2, 0) is 4.74 Å². The molecule has 17 heavy (non-hydrogen) atoms. The fourth-order valence-electron chi connectivity index (χ4n) is 1.71. The average Bonchev–Trinajstić information content (AvgIpc) is 2.39. The molecule has 0 aromatic heterocycles. The number of ether oxygens (including phenoxy) is 3. The molecule has 0 amide bonds. The molecule has 1 aliphatic heterocycles. The first-order valence-corrected chi connectivity index (χ1v) is 5.90. The number of rotatable bonds is 4. The third-order valence-electron chi connectivity index (χ3n) is 2.79. The zero-order valence-corrected chi connectivity index (χ0v) is 10.3. The van der Waals surface area contributed by atoms with Gasteiger partial charge < -0.3 is 19.5 Å². The van der Waals surface area contributed by atoms with Gasteiger partial charge in [0.2, 0.25) is 0 Å². The lowest BCUT2D eigenvalue weighted by Crippen LogP contribution is -2.48. The summed E-state index contributed by atoms with van der Waals surface area (Å²) in [5, 5.41) is 3.39. The zero-order valence-electron chi connectivity index (χ0n) is 10.3. The van der Waals surface area contributed by atoms with E-state index in [0.717, 1.165) is 18.0 Å². The van der Waals surface area contributed by atoms with Gasteiger partial charge in [0.05, 0.1) is 25.9 Å². The molecule has 0 spiro atoms. The van der Waals surface area contributed by atoms with Gasteiger partial charge in [0, 0.05) is 6.54 Å². The molecule has 1 aromatic carbocycles. The molecule has 0 aliphatic carbocycles. The lowest BCUT2D eigenvalue weighted by molar-refractivity contribution is 0.00456. The van der Waals surface area contributed by atoms with Crippen LogP contribution in [0.4, 0.5) is 0 Å². The van der Waals surface area contributed by atoms with E-state index >= 15 is 0 Å². The summed E-state index contributed by atoms with van der Waals surface area (Å²) in [4.78, 5) is 0. The predicted octanol–water partition coefficient (Wildman–Crippen LogP) is 1.45. The third-order valence-corrected chi connectivity index (χ3v) is 2.79. The number of morpholine rings is 1. The van der Waals surface area contributed by atoms with E-state index in [1.54, 1.807) is 7.11 Å². The highest BCUT2D eigenvalue weighted by molar-refractivity contribution is 5.31. The van der Waals surface area contributed by atoms with Crippen molar-refractivity contribution < 1.29 is 14.2 Å². The number of hydrogen-bond acceptors (Lipinski definition) is 4. The zero-order chi connectivity index (χ0) is 12.1. The van der Waals surface area contributed by atoms with Crippen molar-refractivity contribution in [3.63, 3.8) is 0 Å². The lowest BCUT2D eigenvalue weighted by Gasteiger charge is -2.28. The van der Waals surface area contributed by atoms with Crippen molar-refractivity contribution in [3.05, 3.63) is 24.3 Å². The highest BCUT2D eigenvalue weighted by Gasteiger charge is 2.17. The third kappa shape index (κ3) is 3.61. The highest BCUT2D eigenvalue weighted by atomic mass is 16.5. The van der Waals surface area contributed by atoms with E-state index in [4.69, 9.17) is 14.2 Å². The van der Waals surface area contributed by atoms with Gasteiger partial charge in [0.15, 0.2) is 0 Å². The van der Waals surface area contributed by atoms with Crippen LogP contribution in [0.25, 0.3) is 0 Å². The number of nitrogens with one attached hydrogen (secondary N) is 1. The van der Waals surface area contributed by atoms with Crippen molar-refractivity contribution in [1.82, 2.24) is 5.32 Å². The van der Waals surface area contributed by atoms with Crippen LogP contribution >= 0.6 is 0 Å². The molecule has 1 aliphatic rings. The van der Waals surface area contributed by atoms with E-state index in [0.29, 0.717) is 19.3 Å². The standard InChI is InChI=1S/C13H19NO3/c1-10-7-14-11(8-16-10)9-17-13-5-3-12(15-2)4-6-13/h3-6,10-11,14H,7-9H2,1-2H3. The molecule has 4 heteroatoms. The van der Waals surface area contributed by atoms with Gasteiger partial charge in [0.25, 0.3) is 0 Å². The summed E-state index contributed by atoms with van der Waals surface area (Å²) in [6, 6.07) is 7.87. The normalized spacial score (nSPS) is 24.4. The second kappa shape index (κ2) is 5.89. The van der Waals surface area contributed by atoms with Crippen LogP contribution in [0.1, 0.15) is 6.92 Å². The van der Waals surface area contributed by atoms with Crippen LogP contribution in [0.5, 0.6) is 11.5 Å². The summed E-state index contributed by atoms with van der Waals surface area (Å²) >= 11 is 0. The Bertz CT molecular complexity index is 331. The van der Waals surface area contributed by atoms with Crippen molar-refractivity contribution in [2.75, 3.05) is 26.9 Å². The average molecular weight is 237 g/mol. The van der Waals surface area contributed by atoms with Gasteiger partial charge in [-0.1, -0.05) is 0 Å². The Hall–Kier alpha value is -1.26. The summed E-state index contributed by atoms with van der Waals surface area (Å²) in [6.45, 7) is 4.28. The van der Waals surface area contributed by atoms with Crippen molar-refractivity contribution >= 4 is 0 Å². The van der Waals surface area contributed by atoms with E-state index in [1.165, 1.54) is 0 Å². The molecule has 1 saturated heterocycles. The van der Waals surface area contributed by atoms with Crippen LogP contribution in [0, 0.1) is 0 Å². The van der Waals surface area contributed by atoms with Crippen molar-refractivity contribution in [3.8, 4) is 11.5 Å². The molecule has 1 aromatic rings. The molecule has 0 saturated carbocycles. The van der Waals surface area contributed by atoms with E-state index in [-0.39, 0.29) is 6.04 Å². The minimum absolute atomic E-state index is 0.272. The van der Waals surface area contributed by atoms with Crippen LogP contribution < -0.4 is 14.8 Å². The summed E-state index contributed by atoms with van der Waals surface area (Å²) in [5.41, 5.74) is 0. The molecule has 0 radical (unpaired) electrons. The largest absolute Gasteiger partial charge is 0.497 e. The van der Waals surface area contributed by atoms with E-state index in [2.05, 4.69) is 12.2 Å². The lowest BCUT2D eigenvalue weighted by atomic mass is 10.2. The molecule has 4 nitrogen and oxygen atoms in total. The van der Waals surface area contributed by atoms with Crippen LogP contribution in [0.3, 0.4) is 0 Å². The Kier molecular flexibility index (Phi) is 4.23. The Morgan fingerprint density at radius 1 is 1.29 bits per heavy atom. The SMILES string of the molecule is COc1ccc(OCC2COC(C)CN2)cc1. The molecule has 94 valence electrons. The fraction of sp³-hybridized carbons (Fsp3) is 0.538. The second-order valence-corrected chi connectivity index (χ2v) is 4.24. The molecule has 2 atom stereocenters. The second-order valence-electron chi connectivity index (χ2n) is 4.24. The Morgan fingerprint density at radius 2 is 2.00 bits per heavy atom. The monoisotopic (exact) mass is 237 g/mol. The van der Waals surface area contributed by atoms with E-state index < -0.39 is 0 Å². The topological polar surface area (TPSA) is 39.7 Å². The van der Waals surface area contributed by atoms with Gasteiger partial charge >= 0.3 is 0 Å². The summed E-state index contributed by atoms with van der Waals surface area (Å²) < 4.78 is 16.3. The van der Waals surface area contributed by atoms with Gasteiger partial charge in [-0.3, -0.25) is 0 Å². The van der Waals surface area contributed by atoms with Crippen LogP contribution in [0.2, 0.25) is 0 Å². The molecular weight excluding hydrogens is 218 g/mol. The smallest absolute Gasteiger partial charge is 0.119 e. The van der Waals surface area contributed by atoms with Crippen LogP contribution in [-0.4, -0.2) is 39.0 Å². The number of hydrogen-bond donors (Lipinski definition) is 1. The Morgan fingerprint density at radius 3 is 2.59 bits per heavy atom. The Balaban J connectivity index is 1.77. The van der Waals surface area contributed by atoms with Gasteiger partial charge in [-0.25, -0.2) is 0 Å². The van der Waals surface area contributed by atoms with Crippen LogP contribution in [0.15, 0.2) is 24.3 Å². The van der Waals surface area contributed by atoms with Gasteiger partial charge in [-0.05, 0) is 31.2 Å². The maximum atomic E-state index is 5.68. The van der Waals surface area contributed by atoms with E-state index in [9.17, 15) is 0 Å². The molecule has 0 bridgehead atoms. The number of methoxy groups -OCH3 is 1. The number of benzene rings is 1. The Labute approximate surface area is 102 Å². The quantitative estimate of drug-likeness (QED) is 0.860. The van der Waals surface area contributed by atoms with Gasteiger partial charge in [-0.15, -0.1) is 0 Å². The molecule has 1 fully saturated rings. The minimum Gasteiger partial charge on any atom is -0.497 e. The minimum atomic E-state index is 0.272. The van der Waals surface area contributed by atoms with Crippen molar-refractivity contribution in [2.24, 2.45) is 0 Å². The molecule has 1 heterocycles. The highest BCUT2D eigenvalue weighted by Crippen LogP contribution is 2.17. The first-order chi connectivity index (χ1) is 8.28. The molecular formula is C13H19NO3. The molecule has 2 rings (SSSR count). The maximum Gasteiger partial charge on any atom is 0.119 e. The first-order valence-electron chi connectivity index (χ1n) is 5.90. The summed E-state index contributed by atoms with van der Waals surface area (Å²) in [6.07, 6.45) is 0.298. The predicted molar refractivity (Wildman–Crippen MR) is 65.7 cm³/mol. The van der Waals surface area contributed by atoms with Gasteiger partial charge in [0.1, 0.15) is 18.1 Å².